The van der Waals surface area contributed by atoms with Crippen LogP contribution in [-0.4, -0.2) is 23.4 Å². The fraction of sp³-hybridized carbons (Fsp3) is 0.389. The van der Waals surface area contributed by atoms with Gasteiger partial charge in [0.15, 0.2) is 0 Å². The van der Waals surface area contributed by atoms with E-state index >= 15 is 0 Å². The number of carbonyl (C=O) groups excluding carboxylic acids is 1. The maximum atomic E-state index is 12.7. The highest BCUT2D eigenvalue weighted by Crippen LogP contribution is 2.23. The molecule has 1 N–H and O–H groups in total. The van der Waals surface area contributed by atoms with Gasteiger partial charge < -0.3 is 9.88 Å². The molecule has 2 aromatic rings. The van der Waals surface area contributed by atoms with Crippen molar-refractivity contribution in [3.05, 3.63) is 59.4 Å². The first-order valence-electron chi connectivity index (χ1n) is 7.81. The lowest BCUT2D eigenvalue weighted by atomic mass is 10.0. The molecule has 1 aromatic carbocycles. The number of carbonyl (C=O) groups is 1. The van der Waals surface area contributed by atoms with Crippen LogP contribution in [0.3, 0.4) is 0 Å². The van der Waals surface area contributed by atoms with Crippen LogP contribution in [-0.2, 0) is 6.42 Å². The lowest BCUT2D eigenvalue weighted by Gasteiger charge is -2.25. The van der Waals surface area contributed by atoms with Crippen LogP contribution in [0, 0.1) is 0 Å². The Balaban J connectivity index is 1.85. The second kappa shape index (κ2) is 6.27. The van der Waals surface area contributed by atoms with Crippen molar-refractivity contribution in [3.8, 4) is 0 Å². The first kappa shape index (κ1) is 14.1. The molecule has 0 atom stereocenters. The molecule has 0 radical (unpaired) electrons. The van der Waals surface area contributed by atoms with Crippen molar-refractivity contribution in [3.63, 3.8) is 0 Å². The van der Waals surface area contributed by atoms with Gasteiger partial charge in [-0.3, -0.25) is 4.79 Å². The SMILES string of the molecule is CCc1ccc(C(=O)c2cccn2C2CCNCC2)cc1. The van der Waals surface area contributed by atoms with Crippen molar-refractivity contribution >= 4 is 5.78 Å². The highest BCUT2D eigenvalue weighted by atomic mass is 16.1. The molecule has 1 aromatic heterocycles. The van der Waals surface area contributed by atoms with Crippen LogP contribution < -0.4 is 5.32 Å². The summed E-state index contributed by atoms with van der Waals surface area (Å²) in [5.41, 5.74) is 2.85. The fourth-order valence-corrected chi connectivity index (χ4v) is 3.03. The predicted molar refractivity (Wildman–Crippen MR) is 84.8 cm³/mol. The van der Waals surface area contributed by atoms with E-state index in [9.17, 15) is 4.79 Å². The van der Waals surface area contributed by atoms with E-state index in [0.29, 0.717) is 6.04 Å². The zero-order valence-electron chi connectivity index (χ0n) is 12.5. The quantitative estimate of drug-likeness (QED) is 0.874. The number of aromatic nitrogens is 1. The summed E-state index contributed by atoms with van der Waals surface area (Å²) < 4.78 is 2.16. The first-order chi connectivity index (χ1) is 10.3. The second-order valence-corrected chi connectivity index (χ2v) is 5.66. The highest BCUT2D eigenvalue weighted by molar-refractivity contribution is 6.08. The van der Waals surface area contributed by atoms with Gasteiger partial charge in [-0.15, -0.1) is 0 Å². The average Bonchev–Trinajstić information content (AvgIpc) is 3.04. The molecule has 0 spiro atoms. The van der Waals surface area contributed by atoms with Crippen molar-refractivity contribution in [2.24, 2.45) is 0 Å². The third kappa shape index (κ3) is 2.93. The van der Waals surface area contributed by atoms with Crippen LogP contribution in [0.15, 0.2) is 42.6 Å². The van der Waals surface area contributed by atoms with Gasteiger partial charge in [-0.25, -0.2) is 0 Å². The summed E-state index contributed by atoms with van der Waals surface area (Å²) in [6, 6.07) is 12.3. The minimum absolute atomic E-state index is 0.126. The van der Waals surface area contributed by atoms with Gasteiger partial charge >= 0.3 is 0 Å². The van der Waals surface area contributed by atoms with Crippen LogP contribution in [0.5, 0.6) is 0 Å². The average molecular weight is 282 g/mol. The Kier molecular flexibility index (Phi) is 4.20. The van der Waals surface area contributed by atoms with E-state index in [1.165, 1.54) is 5.56 Å². The summed E-state index contributed by atoms with van der Waals surface area (Å²) in [6.07, 6.45) is 5.22. The molecular formula is C18H22N2O. The number of benzene rings is 1. The number of aryl methyl sites for hydroxylation is 1. The van der Waals surface area contributed by atoms with E-state index in [2.05, 4.69) is 16.8 Å². The normalized spacial score (nSPS) is 16.0. The summed E-state index contributed by atoms with van der Waals surface area (Å²) in [6.45, 7) is 4.18. The molecule has 1 saturated heterocycles. The molecule has 110 valence electrons. The lowest BCUT2D eigenvalue weighted by Crippen LogP contribution is -2.30. The molecule has 3 rings (SSSR count). The number of hydrogen-bond acceptors (Lipinski definition) is 2. The Morgan fingerprint density at radius 1 is 1.19 bits per heavy atom. The summed E-state index contributed by atoms with van der Waals surface area (Å²) in [5.74, 6) is 0.126. The minimum Gasteiger partial charge on any atom is -0.342 e. The second-order valence-electron chi connectivity index (χ2n) is 5.66. The summed E-state index contributed by atoms with van der Waals surface area (Å²) in [5, 5.41) is 3.37. The van der Waals surface area contributed by atoms with Crippen LogP contribution >= 0.6 is 0 Å². The molecule has 1 aliphatic heterocycles. The molecule has 1 aliphatic rings. The van der Waals surface area contributed by atoms with Gasteiger partial charge in [-0.1, -0.05) is 31.2 Å². The molecule has 0 saturated carbocycles. The maximum Gasteiger partial charge on any atom is 0.209 e. The Bertz CT molecular complexity index is 606. The van der Waals surface area contributed by atoms with E-state index in [-0.39, 0.29) is 5.78 Å². The summed E-state index contributed by atoms with van der Waals surface area (Å²) in [7, 11) is 0. The van der Waals surface area contributed by atoms with Crippen LogP contribution in [0.2, 0.25) is 0 Å². The maximum absolute atomic E-state index is 12.7. The third-order valence-electron chi connectivity index (χ3n) is 4.34. The van der Waals surface area contributed by atoms with Crippen molar-refractivity contribution in [2.45, 2.75) is 32.2 Å². The van der Waals surface area contributed by atoms with Crippen LogP contribution in [0.4, 0.5) is 0 Å². The fourth-order valence-electron chi connectivity index (χ4n) is 3.03. The van der Waals surface area contributed by atoms with Crippen LogP contribution in [0.25, 0.3) is 0 Å². The largest absolute Gasteiger partial charge is 0.342 e. The van der Waals surface area contributed by atoms with Gasteiger partial charge in [-0.05, 0) is 50.0 Å². The number of ketones is 1. The van der Waals surface area contributed by atoms with E-state index in [1.54, 1.807) is 0 Å². The van der Waals surface area contributed by atoms with Crippen molar-refractivity contribution < 1.29 is 4.79 Å². The molecular weight excluding hydrogens is 260 g/mol. The zero-order chi connectivity index (χ0) is 14.7. The van der Waals surface area contributed by atoms with Gasteiger partial charge in [0.25, 0.3) is 0 Å². The number of rotatable bonds is 4. The summed E-state index contributed by atoms with van der Waals surface area (Å²) in [4.78, 5) is 12.7. The Labute approximate surface area is 126 Å². The highest BCUT2D eigenvalue weighted by Gasteiger charge is 2.20. The van der Waals surface area contributed by atoms with E-state index < -0.39 is 0 Å². The number of piperidine rings is 1. The number of nitrogens with zero attached hydrogens (tertiary/aromatic N) is 1. The predicted octanol–water partition coefficient (Wildman–Crippen LogP) is 3.21. The van der Waals surface area contributed by atoms with E-state index in [4.69, 9.17) is 0 Å². The zero-order valence-corrected chi connectivity index (χ0v) is 12.5. The first-order valence-corrected chi connectivity index (χ1v) is 7.81. The molecule has 0 amide bonds. The van der Waals surface area contributed by atoms with Gasteiger partial charge in [-0.2, -0.15) is 0 Å². The number of nitrogens with one attached hydrogen (secondary N) is 1. The Morgan fingerprint density at radius 2 is 1.90 bits per heavy atom. The monoisotopic (exact) mass is 282 g/mol. The summed E-state index contributed by atoms with van der Waals surface area (Å²) >= 11 is 0. The van der Waals surface area contributed by atoms with Gasteiger partial charge in [0.05, 0.1) is 5.69 Å². The number of hydrogen-bond donors (Lipinski definition) is 1. The van der Waals surface area contributed by atoms with Crippen molar-refractivity contribution in [1.82, 2.24) is 9.88 Å². The van der Waals surface area contributed by atoms with Crippen LogP contribution in [0.1, 0.15) is 47.4 Å². The smallest absolute Gasteiger partial charge is 0.209 e. The molecule has 1 fully saturated rings. The molecule has 3 nitrogen and oxygen atoms in total. The van der Waals surface area contributed by atoms with Crippen molar-refractivity contribution in [2.75, 3.05) is 13.1 Å². The molecule has 21 heavy (non-hydrogen) atoms. The minimum atomic E-state index is 0.126. The third-order valence-corrected chi connectivity index (χ3v) is 4.34. The van der Waals surface area contributed by atoms with E-state index in [1.807, 2.05) is 42.6 Å². The van der Waals surface area contributed by atoms with E-state index in [0.717, 1.165) is 43.6 Å². The van der Waals surface area contributed by atoms with Gasteiger partial charge in [0.2, 0.25) is 5.78 Å². The Hall–Kier alpha value is -1.87. The standard InChI is InChI=1S/C18H22N2O/c1-2-14-5-7-15(8-6-14)18(21)17-4-3-13-20(17)16-9-11-19-12-10-16/h3-8,13,16,19H,2,9-12H2,1H3. The van der Waals surface area contributed by atoms with Gasteiger partial charge in [0, 0.05) is 17.8 Å². The van der Waals surface area contributed by atoms with Gasteiger partial charge in [0.1, 0.15) is 0 Å². The molecule has 0 bridgehead atoms. The molecule has 2 heterocycles. The topological polar surface area (TPSA) is 34.0 Å². The molecule has 0 unspecified atom stereocenters. The lowest BCUT2D eigenvalue weighted by molar-refractivity contribution is 0.102. The van der Waals surface area contributed by atoms with Crippen molar-refractivity contribution in [1.29, 1.82) is 0 Å². The Morgan fingerprint density at radius 3 is 2.57 bits per heavy atom. The molecule has 0 aliphatic carbocycles. The molecule has 3 heteroatoms.